The molecule has 0 spiro atoms. The lowest BCUT2D eigenvalue weighted by molar-refractivity contribution is -0.147. The molecule has 0 N–H and O–H groups in total. The highest BCUT2D eigenvalue weighted by Gasteiger charge is 2.62. The van der Waals surface area contributed by atoms with Crippen molar-refractivity contribution < 1.29 is 19.1 Å². The molecular weight excluding hydrogens is 472 g/mol. The van der Waals surface area contributed by atoms with Crippen molar-refractivity contribution >= 4 is 11.9 Å². The largest absolute Gasteiger partial charge is 0.458 e. The van der Waals surface area contributed by atoms with Crippen LogP contribution >= 0.6 is 0 Å². The van der Waals surface area contributed by atoms with E-state index in [0.29, 0.717) is 40.7 Å². The molecule has 0 heterocycles. The number of hydrogen-bond donors (Lipinski definition) is 0. The van der Waals surface area contributed by atoms with E-state index in [1.165, 1.54) is 19.3 Å². The van der Waals surface area contributed by atoms with Crippen molar-refractivity contribution in [2.45, 2.75) is 84.3 Å². The van der Waals surface area contributed by atoms with E-state index in [1.807, 2.05) is 60.7 Å². The molecule has 0 saturated heterocycles. The zero-order valence-corrected chi connectivity index (χ0v) is 23.1. The van der Waals surface area contributed by atoms with E-state index in [-0.39, 0.29) is 35.0 Å². The van der Waals surface area contributed by atoms with E-state index in [1.54, 1.807) is 0 Å². The summed E-state index contributed by atoms with van der Waals surface area (Å²) in [4.78, 5) is 25.7. The summed E-state index contributed by atoms with van der Waals surface area (Å²) in [5.41, 5.74) is 1.66. The van der Waals surface area contributed by atoms with Gasteiger partial charge in [0.1, 0.15) is 12.2 Å². The fourth-order valence-corrected chi connectivity index (χ4v) is 9.44. The summed E-state index contributed by atoms with van der Waals surface area (Å²) in [5.74, 6) is 2.63. The number of ether oxygens (including phenoxy) is 2. The maximum Gasteiger partial charge on any atom is 0.338 e. The summed E-state index contributed by atoms with van der Waals surface area (Å²) in [5, 5.41) is 0. The molecule has 0 bridgehead atoms. The molecule has 4 saturated carbocycles. The first-order valence-corrected chi connectivity index (χ1v) is 14.8. The fraction of sp³-hybridized carbons (Fsp3) is 0.588. The smallest absolute Gasteiger partial charge is 0.338 e. The standard InChI is InChI=1S/C34H42O4/c1-22-21-34(3)25(20-29(22)37-31(35)23-10-6-4-7-11-23)14-15-26-27-16-17-30(33(27,2)19-18-28(26)34)38-32(36)24-12-8-5-9-13-24/h4-13,22,25-30H,14-21H2,1-3H3/t22-,25+,26-,27-,28-,29-,30+,33+,34+/m1/s1. The van der Waals surface area contributed by atoms with Gasteiger partial charge in [-0.15, -0.1) is 0 Å². The van der Waals surface area contributed by atoms with Crippen molar-refractivity contribution in [1.82, 2.24) is 0 Å². The second-order valence-corrected chi connectivity index (χ2v) is 13.3. The van der Waals surface area contributed by atoms with Crippen LogP contribution in [0.25, 0.3) is 0 Å². The Morgan fingerprint density at radius 3 is 2.00 bits per heavy atom. The third kappa shape index (κ3) is 4.28. The predicted octanol–water partition coefficient (Wildman–Crippen LogP) is 7.73. The van der Waals surface area contributed by atoms with Crippen LogP contribution in [-0.4, -0.2) is 24.1 Å². The molecule has 4 aliphatic carbocycles. The molecular formula is C34H42O4. The number of carbonyl (C=O) groups is 2. The minimum absolute atomic E-state index is 0.000512. The molecule has 4 nitrogen and oxygen atoms in total. The molecule has 4 aliphatic rings. The quantitative estimate of drug-likeness (QED) is 0.392. The monoisotopic (exact) mass is 514 g/mol. The van der Waals surface area contributed by atoms with E-state index >= 15 is 0 Å². The minimum Gasteiger partial charge on any atom is -0.458 e. The first-order chi connectivity index (χ1) is 18.3. The van der Waals surface area contributed by atoms with Gasteiger partial charge in [0.25, 0.3) is 0 Å². The second-order valence-electron chi connectivity index (χ2n) is 13.3. The molecule has 38 heavy (non-hydrogen) atoms. The molecule has 0 aliphatic heterocycles. The Morgan fingerprint density at radius 1 is 0.737 bits per heavy atom. The van der Waals surface area contributed by atoms with E-state index in [0.717, 1.165) is 32.1 Å². The lowest BCUT2D eigenvalue weighted by atomic mass is 9.44. The molecule has 0 unspecified atom stereocenters. The van der Waals surface area contributed by atoms with Crippen LogP contribution in [0, 0.1) is 40.4 Å². The van der Waals surface area contributed by atoms with Gasteiger partial charge >= 0.3 is 11.9 Å². The number of benzene rings is 2. The normalized spacial score (nSPS) is 39.8. The van der Waals surface area contributed by atoms with Gasteiger partial charge in [-0.2, -0.15) is 0 Å². The average Bonchev–Trinajstić information content (AvgIpc) is 3.26. The van der Waals surface area contributed by atoms with Crippen LogP contribution in [0.1, 0.15) is 92.9 Å². The molecule has 0 aromatic heterocycles. The summed E-state index contributed by atoms with van der Waals surface area (Å²) in [6, 6.07) is 18.8. The highest BCUT2D eigenvalue weighted by Crippen LogP contribution is 2.67. The van der Waals surface area contributed by atoms with E-state index in [2.05, 4.69) is 20.8 Å². The SMILES string of the molecule is C[C@@H]1C[C@@]2(C)[C@@H](CC[C@H]3[C@H]2CC[C@]2(C)[C@@H](OC(=O)c4ccccc4)CC[C@H]32)C[C@H]1OC(=O)c1ccccc1. The topological polar surface area (TPSA) is 52.6 Å². The minimum atomic E-state index is -0.185. The molecule has 9 atom stereocenters. The zero-order chi connectivity index (χ0) is 26.5. The highest BCUT2D eigenvalue weighted by atomic mass is 16.5. The summed E-state index contributed by atoms with van der Waals surface area (Å²) >= 11 is 0. The number of carbonyl (C=O) groups excluding carboxylic acids is 2. The summed E-state index contributed by atoms with van der Waals surface area (Å²) < 4.78 is 12.3. The maximum absolute atomic E-state index is 12.9. The van der Waals surface area contributed by atoms with Crippen molar-refractivity contribution in [1.29, 1.82) is 0 Å². The van der Waals surface area contributed by atoms with Gasteiger partial charge in [-0.3, -0.25) is 0 Å². The van der Waals surface area contributed by atoms with Crippen molar-refractivity contribution in [3.8, 4) is 0 Å². The summed E-state index contributed by atoms with van der Waals surface area (Å²) in [7, 11) is 0. The van der Waals surface area contributed by atoms with Crippen molar-refractivity contribution in [2.75, 3.05) is 0 Å². The summed E-state index contributed by atoms with van der Waals surface area (Å²) in [6.45, 7) is 7.24. The lowest BCUT2D eigenvalue weighted by Gasteiger charge is -2.61. The van der Waals surface area contributed by atoms with Crippen molar-refractivity contribution in [3.05, 3.63) is 71.8 Å². The number of rotatable bonds is 4. The van der Waals surface area contributed by atoms with Crippen LogP contribution in [0.4, 0.5) is 0 Å². The third-order valence-electron chi connectivity index (χ3n) is 11.4. The van der Waals surface area contributed by atoms with Crippen molar-refractivity contribution in [3.63, 3.8) is 0 Å². The second kappa shape index (κ2) is 9.84. The average molecular weight is 515 g/mol. The van der Waals surface area contributed by atoms with Gasteiger partial charge in [0, 0.05) is 5.41 Å². The molecule has 0 radical (unpaired) electrons. The van der Waals surface area contributed by atoms with Crippen LogP contribution in [-0.2, 0) is 9.47 Å². The van der Waals surface area contributed by atoms with Gasteiger partial charge in [0.05, 0.1) is 11.1 Å². The zero-order valence-electron chi connectivity index (χ0n) is 23.1. The Balaban J connectivity index is 1.14. The number of hydrogen-bond acceptors (Lipinski definition) is 4. The lowest BCUT2D eigenvalue weighted by Crippen LogP contribution is -2.56. The molecule has 202 valence electrons. The third-order valence-corrected chi connectivity index (χ3v) is 11.4. The first kappa shape index (κ1) is 25.6. The molecule has 2 aromatic carbocycles. The Kier molecular flexibility index (Phi) is 6.64. The van der Waals surface area contributed by atoms with E-state index < -0.39 is 0 Å². The van der Waals surface area contributed by atoms with Crippen LogP contribution in [0.15, 0.2) is 60.7 Å². The van der Waals surface area contributed by atoms with Gasteiger partial charge in [-0.1, -0.05) is 57.2 Å². The van der Waals surface area contributed by atoms with E-state index in [4.69, 9.17) is 9.47 Å². The predicted molar refractivity (Wildman–Crippen MR) is 148 cm³/mol. The Hall–Kier alpha value is -2.62. The van der Waals surface area contributed by atoms with Crippen LogP contribution < -0.4 is 0 Å². The van der Waals surface area contributed by atoms with Crippen molar-refractivity contribution in [2.24, 2.45) is 40.4 Å². The Morgan fingerprint density at radius 2 is 1.34 bits per heavy atom. The maximum atomic E-state index is 12.9. The van der Waals surface area contributed by atoms with Gasteiger partial charge in [0.15, 0.2) is 0 Å². The highest BCUT2D eigenvalue weighted by molar-refractivity contribution is 5.90. The van der Waals surface area contributed by atoms with Gasteiger partial charge in [0.2, 0.25) is 0 Å². The molecule has 0 amide bonds. The Bertz CT molecular complexity index is 1160. The summed E-state index contributed by atoms with van der Waals surface area (Å²) in [6.07, 6.45) is 9.08. The number of esters is 2. The molecule has 4 heteroatoms. The van der Waals surface area contributed by atoms with Crippen LogP contribution in [0.2, 0.25) is 0 Å². The van der Waals surface area contributed by atoms with Crippen LogP contribution in [0.3, 0.4) is 0 Å². The van der Waals surface area contributed by atoms with Gasteiger partial charge < -0.3 is 9.47 Å². The molecule has 4 fully saturated rings. The van der Waals surface area contributed by atoms with Crippen LogP contribution in [0.5, 0.6) is 0 Å². The first-order valence-electron chi connectivity index (χ1n) is 14.8. The van der Waals surface area contributed by atoms with E-state index in [9.17, 15) is 9.59 Å². The van der Waals surface area contributed by atoms with Gasteiger partial charge in [-0.25, -0.2) is 9.59 Å². The fourth-order valence-electron chi connectivity index (χ4n) is 9.44. The molecule has 2 aromatic rings. The Labute approximate surface area is 227 Å². The van der Waals surface area contributed by atoms with Gasteiger partial charge in [-0.05, 0) is 111 Å². The number of fused-ring (bicyclic) bond motifs is 5. The molecule has 6 rings (SSSR count).